The van der Waals surface area contributed by atoms with Gasteiger partial charge in [0.15, 0.2) is 11.0 Å². The number of ether oxygens (including phenoxy) is 2. The number of nitrogens with zero attached hydrogens (tertiary/aromatic N) is 5. The number of unbranched alkanes of at least 4 members (excludes halogenated alkanes) is 1. The van der Waals surface area contributed by atoms with Crippen molar-refractivity contribution >= 4 is 40.2 Å². The van der Waals surface area contributed by atoms with Crippen molar-refractivity contribution in [2.24, 2.45) is 4.99 Å². The van der Waals surface area contributed by atoms with E-state index in [1.807, 2.05) is 38.1 Å². The Bertz CT molecular complexity index is 1740. The Labute approximate surface area is 274 Å². The number of aromatic nitrogens is 3. The molecule has 1 saturated heterocycles. The van der Waals surface area contributed by atoms with Crippen LogP contribution in [-0.4, -0.2) is 57.7 Å². The zero-order valence-electron chi connectivity index (χ0n) is 26.0. The second kappa shape index (κ2) is 14.8. The van der Waals surface area contributed by atoms with Crippen LogP contribution in [-0.2, 0) is 16.0 Å². The van der Waals surface area contributed by atoms with E-state index in [2.05, 4.69) is 20.1 Å². The number of rotatable bonds is 11. The van der Waals surface area contributed by atoms with Crippen LogP contribution in [0.25, 0.3) is 17.1 Å². The lowest BCUT2D eigenvalue weighted by atomic mass is 10.0. The van der Waals surface area contributed by atoms with Crippen LogP contribution >= 0.6 is 11.8 Å². The summed E-state index contributed by atoms with van der Waals surface area (Å²) in [4.78, 5) is 36.1. The first-order chi connectivity index (χ1) is 22.5. The molecular weight excluding hydrogens is 633 g/mol. The van der Waals surface area contributed by atoms with Crippen molar-refractivity contribution in [1.82, 2.24) is 14.8 Å². The van der Waals surface area contributed by atoms with Gasteiger partial charge in [0.2, 0.25) is 5.91 Å². The molecule has 10 nitrogen and oxygen atoms in total. The van der Waals surface area contributed by atoms with E-state index in [0.717, 1.165) is 18.4 Å². The molecule has 1 aliphatic rings. The summed E-state index contributed by atoms with van der Waals surface area (Å²) in [7, 11) is 1.63. The minimum atomic E-state index is -4.79. The normalized spacial score (nSPS) is 14.3. The first-order valence-electron chi connectivity index (χ1n) is 14.9. The molecule has 0 radical (unpaired) electrons. The Hall–Kier alpha value is -4.69. The molecule has 246 valence electrons. The van der Waals surface area contributed by atoms with Crippen LogP contribution in [0.15, 0.2) is 77.8 Å². The van der Waals surface area contributed by atoms with E-state index in [-0.39, 0.29) is 23.3 Å². The third-order valence-electron chi connectivity index (χ3n) is 7.14. The molecule has 3 aromatic carbocycles. The number of aliphatic imine (C=N–C) groups is 1. The van der Waals surface area contributed by atoms with Crippen molar-refractivity contribution in [1.29, 1.82) is 0 Å². The molecule has 2 heterocycles. The van der Waals surface area contributed by atoms with Gasteiger partial charge in [0.1, 0.15) is 11.6 Å². The lowest BCUT2D eigenvalue weighted by Crippen LogP contribution is -2.31. The minimum absolute atomic E-state index is 0.144. The summed E-state index contributed by atoms with van der Waals surface area (Å²) in [5.74, 6) is 0.907. The molecule has 0 aliphatic carbocycles. The van der Waals surface area contributed by atoms with E-state index in [4.69, 9.17) is 9.72 Å². The van der Waals surface area contributed by atoms with E-state index in [9.17, 15) is 22.8 Å². The third kappa shape index (κ3) is 8.57. The van der Waals surface area contributed by atoms with Gasteiger partial charge >= 0.3 is 12.4 Å². The predicted octanol–water partition coefficient (Wildman–Crippen LogP) is 7.59. The number of amides is 3. The molecule has 0 saturated carbocycles. The average Bonchev–Trinajstić information content (AvgIpc) is 3.62. The molecule has 0 unspecified atom stereocenters. The van der Waals surface area contributed by atoms with Crippen LogP contribution < -0.4 is 15.0 Å². The summed E-state index contributed by atoms with van der Waals surface area (Å²) in [6.07, 6.45) is -2.67. The van der Waals surface area contributed by atoms with Gasteiger partial charge in [-0.1, -0.05) is 43.8 Å². The van der Waals surface area contributed by atoms with Gasteiger partial charge in [0, 0.05) is 31.4 Å². The molecule has 0 atom stereocenters. The summed E-state index contributed by atoms with van der Waals surface area (Å²) in [6.45, 7) is 4.66. The molecule has 1 aliphatic heterocycles. The highest BCUT2D eigenvalue weighted by Crippen LogP contribution is 2.33. The Morgan fingerprint density at radius 3 is 2.45 bits per heavy atom. The lowest BCUT2D eigenvalue weighted by molar-refractivity contribution is -0.274. The number of aryl methyl sites for hydroxylation is 1. The standard InChI is InChI=1S/C33H33F3N6O4S/c1-21(2)26-8-4-5-9-27(26)41-29(43)20-47-32(41)39-31(44)37-23-13-11-22(12-14-23)30-38-28(10-6-7-19-45-3)42(40-30)24-15-17-25(18-16-24)46-33(34,35)36/h4-5,8-9,11-18,21H,6-7,10,19-20H2,1-3H3,(H,37,44). The molecule has 1 N–H and O–H groups in total. The summed E-state index contributed by atoms with van der Waals surface area (Å²) in [6, 6.07) is 19.2. The van der Waals surface area contributed by atoms with Gasteiger partial charge in [-0.15, -0.1) is 18.3 Å². The summed E-state index contributed by atoms with van der Waals surface area (Å²) >= 11 is 1.21. The maximum Gasteiger partial charge on any atom is 0.573 e. The molecular formula is C33H33F3N6O4S. The van der Waals surface area contributed by atoms with Gasteiger partial charge in [0.05, 0.1) is 17.1 Å². The average molecular weight is 667 g/mol. The van der Waals surface area contributed by atoms with Gasteiger partial charge in [-0.3, -0.25) is 9.69 Å². The first-order valence-corrected chi connectivity index (χ1v) is 15.9. The largest absolute Gasteiger partial charge is 0.573 e. The third-order valence-corrected chi connectivity index (χ3v) is 8.07. The number of carbonyl (C=O) groups is 2. The zero-order chi connectivity index (χ0) is 33.6. The highest BCUT2D eigenvalue weighted by molar-refractivity contribution is 8.15. The number of hydrogen-bond acceptors (Lipinski definition) is 7. The van der Waals surface area contributed by atoms with E-state index in [1.165, 1.54) is 40.9 Å². The van der Waals surface area contributed by atoms with E-state index in [1.54, 1.807) is 36.1 Å². The van der Waals surface area contributed by atoms with E-state index in [0.29, 0.717) is 52.5 Å². The van der Waals surface area contributed by atoms with Crippen molar-refractivity contribution in [3.63, 3.8) is 0 Å². The predicted molar refractivity (Wildman–Crippen MR) is 175 cm³/mol. The van der Waals surface area contributed by atoms with Crippen LogP contribution in [0, 0.1) is 0 Å². The van der Waals surface area contributed by atoms with Crippen molar-refractivity contribution in [3.05, 3.63) is 84.2 Å². The number of halogens is 3. The van der Waals surface area contributed by atoms with Crippen LogP contribution in [0.5, 0.6) is 5.75 Å². The van der Waals surface area contributed by atoms with Crippen LogP contribution in [0.2, 0.25) is 0 Å². The Balaban J connectivity index is 1.33. The van der Waals surface area contributed by atoms with Crippen LogP contribution in [0.3, 0.4) is 0 Å². The van der Waals surface area contributed by atoms with Crippen LogP contribution in [0.1, 0.15) is 44.0 Å². The van der Waals surface area contributed by atoms with Gasteiger partial charge in [0.25, 0.3) is 0 Å². The topological polar surface area (TPSA) is 111 Å². The second-order valence-corrected chi connectivity index (χ2v) is 11.8. The fraction of sp³-hybridized carbons (Fsp3) is 0.303. The van der Waals surface area contributed by atoms with Gasteiger partial charge in [-0.2, -0.15) is 4.99 Å². The maximum atomic E-state index is 12.9. The Morgan fingerprint density at radius 1 is 1.04 bits per heavy atom. The molecule has 5 rings (SSSR count). The van der Waals surface area contributed by atoms with Crippen molar-refractivity contribution in [2.45, 2.75) is 45.4 Å². The summed E-state index contributed by atoms with van der Waals surface area (Å²) < 4.78 is 48.6. The smallest absolute Gasteiger partial charge is 0.406 e. The molecule has 0 spiro atoms. The first kappa shape index (κ1) is 33.7. The number of carbonyl (C=O) groups excluding carboxylic acids is 2. The maximum absolute atomic E-state index is 12.9. The Morgan fingerprint density at radius 2 is 1.77 bits per heavy atom. The number of thioether (sulfide) groups is 1. The molecule has 0 bridgehead atoms. The molecule has 14 heteroatoms. The molecule has 47 heavy (non-hydrogen) atoms. The van der Waals surface area contributed by atoms with Gasteiger partial charge in [-0.05, 0) is 78.9 Å². The minimum Gasteiger partial charge on any atom is -0.406 e. The van der Waals surface area contributed by atoms with Crippen molar-refractivity contribution in [2.75, 3.05) is 29.7 Å². The van der Waals surface area contributed by atoms with E-state index < -0.39 is 12.4 Å². The number of urea groups is 1. The molecule has 1 aromatic heterocycles. The molecule has 3 amide bonds. The van der Waals surface area contributed by atoms with E-state index >= 15 is 0 Å². The van der Waals surface area contributed by atoms with Crippen LogP contribution in [0.4, 0.5) is 29.3 Å². The number of alkyl halides is 3. The SMILES string of the molecule is COCCCCc1nc(-c2ccc(NC(=O)N=C3SCC(=O)N3c3ccccc3C(C)C)cc2)nn1-c1ccc(OC(F)(F)F)cc1. The summed E-state index contributed by atoms with van der Waals surface area (Å²) in [5.41, 5.74) is 3.36. The van der Waals surface area contributed by atoms with Crippen molar-refractivity contribution in [3.8, 4) is 22.8 Å². The lowest BCUT2D eigenvalue weighted by Gasteiger charge is -2.21. The van der Waals surface area contributed by atoms with Gasteiger partial charge in [-0.25, -0.2) is 14.5 Å². The molecule has 4 aromatic rings. The monoisotopic (exact) mass is 666 g/mol. The number of para-hydroxylation sites is 1. The number of anilines is 2. The highest BCUT2D eigenvalue weighted by atomic mass is 32.2. The quantitative estimate of drug-likeness (QED) is 0.164. The number of hydrogen-bond donors (Lipinski definition) is 1. The van der Waals surface area contributed by atoms with Crippen molar-refractivity contribution < 1.29 is 32.2 Å². The highest BCUT2D eigenvalue weighted by Gasteiger charge is 2.32. The number of methoxy groups -OCH3 is 1. The second-order valence-electron chi connectivity index (χ2n) is 10.9. The molecule has 1 fully saturated rings. The fourth-order valence-corrected chi connectivity index (χ4v) is 5.81. The summed E-state index contributed by atoms with van der Waals surface area (Å²) in [5, 5.41) is 7.69. The fourth-order valence-electron chi connectivity index (χ4n) is 4.96. The number of benzene rings is 3. The number of nitrogens with one attached hydrogen (secondary N) is 1. The Kier molecular flexibility index (Phi) is 10.6. The van der Waals surface area contributed by atoms with Gasteiger partial charge < -0.3 is 14.8 Å². The zero-order valence-corrected chi connectivity index (χ0v) is 26.8. The number of amidine groups is 1.